The fraction of sp³-hybridized carbons (Fsp3) is 0.750. The maximum absolute atomic E-state index is 4.00. The fourth-order valence-electron chi connectivity index (χ4n) is 2.65. The van der Waals surface area contributed by atoms with Crippen LogP contribution in [0.2, 0.25) is 0 Å². The van der Waals surface area contributed by atoms with Crippen LogP contribution in [0.15, 0.2) is 12.3 Å². The van der Waals surface area contributed by atoms with Crippen LogP contribution in [0.5, 0.6) is 0 Å². The second-order valence-corrected chi connectivity index (χ2v) is 5.11. The molecule has 1 aromatic rings. The van der Waals surface area contributed by atoms with E-state index in [1.54, 1.807) is 0 Å². The molecular formula is C12H20N4. The highest BCUT2D eigenvalue weighted by atomic mass is 15.2. The summed E-state index contributed by atoms with van der Waals surface area (Å²) in [7, 11) is 0. The third-order valence-electron chi connectivity index (χ3n) is 3.76. The molecule has 0 radical (unpaired) electrons. The molecule has 2 atom stereocenters. The molecule has 2 heterocycles. The van der Waals surface area contributed by atoms with Crippen molar-refractivity contribution >= 4 is 0 Å². The molecule has 1 saturated carbocycles. The number of aromatic nitrogens is 2. The molecule has 3 rings (SSSR count). The number of hydrogen-bond acceptors (Lipinski definition) is 3. The predicted octanol–water partition coefficient (Wildman–Crippen LogP) is 1.30. The van der Waals surface area contributed by atoms with E-state index < -0.39 is 0 Å². The van der Waals surface area contributed by atoms with Gasteiger partial charge in [0.1, 0.15) is 0 Å². The van der Waals surface area contributed by atoms with Crippen molar-refractivity contribution < 1.29 is 0 Å². The molecule has 16 heavy (non-hydrogen) atoms. The molecule has 1 aliphatic heterocycles. The Morgan fingerprint density at radius 1 is 1.50 bits per heavy atom. The van der Waals surface area contributed by atoms with E-state index in [2.05, 4.69) is 27.3 Å². The zero-order valence-electron chi connectivity index (χ0n) is 9.82. The van der Waals surface area contributed by atoms with E-state index in [-0.39, 0.29) is 0 Å². The number of H-pyrrole nitrogens is 1. The lowest BCUT2D eigenvalue weighted by molar-refractivity contribution is 0.313. The van der Waals surface area contributed by atoms with Crippen molar-refractivity contribution in [2.24, 2.45) is 0 Å². The number of nitrogens with one attached hydrogen (secondary N) is 2. The van der Waals surface area contributed by atoms with Crippen molar-refractivity contribution in [3.05, 3.63) is 18.0 Å². The van der Waals surface area contributed by atoms with E-state index in [1.807, 2.05) is 12.3 Å². The van der Waals surface area contributed by atoms with Gasteiger partial charge in [0.2, 0.25) is 0 Å². The van der Waals surface area contributed by atoms with Crippen LogP contribution in [-0.4, -0.2) is 40.3 Å². The average Bonchev–Trinajstić information content (AvgIpc) is 2.82. The summed E-state index contributed by atoms with van der Waals surface area (Å²) in [5.41, 5.74) is 1.19. The average molecular weight is 220 g/mol. The molecule has 2 aliphatic rings. The maximum atomic E-state index is 4.00. The molecule has 2 N–H and O–H groups in total. The highest BCUT2D eigenvalue weighted by molar-refractivity contribution is 5.04. The third kappa shape index (κ3) is 2.13. The number of likely N-dealkylation sites (tertiary alicyclic amines) is 1. The zero-order chi connectivity index (χ0) is 11.0. The highest BCUT2D eigenvalue weighted by Gasteiger charge is 2.34. The number of rotatable bonds is 4. The first-order valence-electron chi connectivity index (χ1n) is 6.32. The van der Waals surface area contributed by atoms with Crippen LogP contribution >= 0.6 is 0 Å². The third-order valence-corrected chi connectivity index (χ3v) is 3.76. The molecule has 1 saturated heterocycles. The van der Waals surface area contributed by atoms with E-state index in [0.29, 0.717) is 12.1 Å². The van der Waals surface area contributed by atoms with Crippen molar-refractivity contribution in [2.45, 2.75) is 44.3 Å². The summed E-state index contributed by atoms with van der Waals surface area (Å²) in [6.45, 7) is 4.70. The molecule has 0 bridgehead atoms. The first kappa shape index (κ1) is 10.3. The molecular weight excluding hydrogens is 200 g/mol. The van der Waals surface area contributed by atoms with Crippen LogP contribution in [0.3, 0.4) is 0 Å². The van der Waals surface area contributed by atoms with Crippen molar-refractivity contribution in [3.63, 3.8) is 0 Å². The Kier molecular flexibility index (Phi) is 2.69. The van der Waals surface area contributed by atoms with E-state index in [1.165, 1.54) is 38.0 Å². The lowest BCUT2D eigenvalue weighted by Gasteiger charge is -2.19. The zero-order valence-corrected chi connectivity index (χ0v) is 9.82. The minimum atomic E-state index is 0.381. The lowest BCUT2D eigenvalue weighted by Crippen LogP contribution is -2.35. The first-order chi connectivity index (χ1) is 7.83. The van der Waals surface area contributed by atoms with Gasteiger partial charge in [-0.2, -0.15) is 5.10 Å². The Morgan fingerprint density at radius 3 is 3.06 bits per heavy atom. The summed E-state index contributed by atoms with van der Waals surface area (Å²) in [4.78, 5) is 2.64. The van der Waals surface area contributed by atoms with Gasteiger partial charge in [-0.25, -0.2) is 0 Å². The van der Waals surface area contributed by atoms with Gasteiger partial charge >= 0.3 is 0 Å². The Labute approximate surface area is 96.4 Å². The number of hydrogen-bond donors (Lipinski definition) is 2. The van der Waals surface area contributed by atoms with Gasteiger partial charge < -0.3 is 5.32 Å². The predicted molar refractivity (Wildman–Crippen MR) is 63.1 cm³/mol. The van der Waals surface area contributed by atoms with Crippen LogP contribution in [-0.2, 0) is 0 Å². The standard InChI is InChI=1S/C12H20N4/c1-9(12-4-6-13-15-12)14-10-5-7-16(8-10)11-2-3-11/h4,6,9-11,14H,2-3,5,7-8H2,1H3,(H,13,15). The number of nitrogens with zero attached hydrogens (tertiary/aromatic N) is 2. The van der Waals surface area contributed by atoms with Gasteiger partial charge in [0.15, 0.2) is 0 Å². The second kappa shape index (κ2) is 4.18. The Balaban J connectivity index is 1.51. The van der Waals surface area contributed by atoms with Crippen molar-refractivity contribution in [2.75, 3.05) is 13.1 Å². The van der Waals surface area contributed by atoms with E-state index in [4.69, 9.17) is 0 Å². The highest BCUT2D eigenvalue weighted by Crippen LogP contribution is 2.30. The lowest BCUT2D eigenvalue weighted by atomic mass is 10.2. The molecule has 2 unspecified atom stereocenters. The van der Waals surface area contributed by atoms with Gasteiger partial charge in [0.05, 0.1) is 5.69 Å². The van der Waals surface area contributed by atoms with Gasteiger partial charge in [-0.1, -0.05) is 0 Å². The van der Waals surface area contributed by atoms with E-state index in [0.717, 1.165) is 6.04 Å². The largest absolute Gasteiger partial charge is 0.305 e. The first-order valence-corrected chi connectivity index (χ1v) is 6.32. The summed E-state index contributed by atoms with van der Waals surface area (Å²) in [6.07, 6.45) is 5.94. The molecule has 88 valence electrons. The number of aromatic amines is 1. The van der Waals surface area contributed by atoms with Crippen LogP contribution in [0.4, 0.5) is 0 Å². The quantitative estimate of drug-likeness (QED) is 0.804. The summed E-state index contributed by atoms with van der Waals surface area (Å²) in [6, 6.07) is 3.99. The van der Waals surface area contributed by atoms with Crippen molar-refractivity contribution in [1.82, 2.24) is 20.4 Å². The molecule has 0 spiro atoms. The van der Waals surface area contributed by atoms with Crippen molar-refractivity contribution in [3.8, 4) is 0 Å². The molecule has 0 aromatic carbocycles. The van der Waals surface area contributed by atoms with Crippen molar-refractivity contribution in [1.29, 1.82) is 0 Å². The second-order valence-electron chi connectivity index (χ2n) is 5.11. The Hall–Kier alpha value is -0.870. The van der Waals surface area contributed by atoms with Gasteiger partial charge in [0, 0.05) is 37.4 Å². The van der Waals surface area contributed by atoms with Gasteiger partial charge in [0.25, 0.3) is 0 Å². The molecule has 4 nitrogen and oxygen atoms in total. The summed E-state index contributed by atoms with van der Waals surface area (Å²) in [5, 5.41) is 10.7. The molecule has 2 fully saturated rings. The molecule has 1 aromatic heterocycles. The van der Waals surface area contributed by atoms with Crippen LogP contribution in [0.1, 0.15) is 37.9 Å². The summed E-state index contributed by atoms with van der Waals surface area (Å²) < 4.78 is 0. The Bertz CT molecular complexity index is 331. The van der Waals surface area contributed by atoms with Gasteiger partial charge in [-0.15, -0.1) is 0 Å². The minimum absolute atomic E-state index is 0.381. The normalized spacial score (nSPS) is 28.4. The fourth-order valence-corrected chi connectivity index (χ4v) is 2.65. The van der Waals surface area contributed by atoms with E-state index in [9.17, 15) is 0 Å². The summed E-state index contributed by atoms with van der Waals surface area (Å²) >= 11 is 0. The minimum Gasteiger partial charge on any atom is -0.305 e. The summed E-state index contributed by atoms with van der Waals surface area (Å²) in [5.74, 6) is 0. The topological polar surface area (TPSA) is 44.0 Å². The molecule has 0 amide bonds. The van der Waals surface area contributed by atoms with Gasteiger partial charge in [-0.05, 0) is 32.3 Å². The monoisotopic (exact) mass is 220 g/mol. The Morgan fingerprint density at radius 2 is 2.38 bits per heavy atom. The van der Waals surface area contributed by atoms with Crippen LogP contribution in [0.25, 0.3) is 0 Å². The SMILES string of the molecule is CC(NC1CCN(C2CC2)C1)c1ccn[nH]1. The molecule has 4 heteroatoms. The van der Waals surface area contributed by atoms with Gasteiger partial charge in [-0.3, -0.25) is 10.00 Å². The van der Waals surface area contributed by atoms with Crippen LogP contribution < -0.4 is 5.32 Å². The van der Waals surface area contributed by atoms with E-state index >= 15 is 0 Å². The maximum Gasteiger partial charge on any atom is 0.0518 e. The molecule has 1 aliphatic carbocycles. The van der Waals surface area contributed by atoms with Crippen LogP contribution in [0, 0.1) is 0 Å². The smallest absolute Gasteiger partial charge is 0.0518 e.